The average Bonchev–Trinajstić information content (AvgIpc) is 2.77. The van der Waals surface area contributed by atoms with Crippen LogP contribution in [-0.2, 0) is 14.8 Å². The molecule has 0 unspecified atom stereocenters. The van der Waals surface area contributed by atoms with Crippen LogP contribution in [0.25, 0.3) is 0 Å². The molecule has 172 valence electrons. The summed E-state index contributed by atoms with van der Waals surface area (Å²) in [5, 5.41) is 4.14. The van der Waals surface area contributed by atoms with Gasteiger partial charge in [0, 0.05) is 5.56 Å². The highest BCUT2D eigenvalue weighted by Gasteiger charge is 2.29. The summed E-state index contributed by atoms with van der Waals surface area (Å²) in [6, 6.07) is 10.9. The van der Waals surface area contributed by atoms with Gasteiger partial charge in [0.25, 0.3) is 5.91 Å². The normalized spacial score (nSPS) is 14.4. The number of nitrogens with one attached hydrogen (secondary N) is 1. The van der Waals surface area contributed by atoms with E-state index in [1.807, 2.05) is 13.0 Å². The molecule has 1 amide bonds. The highest BCUT2D eigenvalue weighted by atomic mass is 32.2. The number of ether oxygens (including phenoxy) is 3. The van der Waals surface area contributed by atoms with E-state index in [4.69, 9.17) is 14.2 Å². The van der Waals surface area contributed by atoms with Crippen molar-refractivity contribution in [2.75, 3.05) is 30.4 Å². The zero-order valence-electron chi connectivity index (χ0n) is 18.5. The first-order valence-electron chi connectivity index (χ1n) is 10.2. The third kappa shape index (κ3) is 5.50. The number of carbonyl (C=O) groups is 1. The SMILES string of the molecule is CCOc1ccc(N([C@H](C)C(=O)N/N=C(/C)c2ccc3c(c2)OCCO3)S(C)(=O)=O)cc1. The van der Waals surface area contributed by atoms with Crippen LogP contribution in [0, 0.1) is 0 Å². The summed E-state index contributed by atoms with van der Waals surface area (Å²) in [7, 11) is -3.74. The van der Waals surface area contributed by atoms with Crippen LogP contribution in [0.15, 0.2) is 47.6 Å². The second kappa shape index (κ2) is 9.90. The van der Waals surface area contributed by atoms with E-state index in [2.05, 4.69) is 10.5 Å². The van der Waals surface area contributed by atoms with Crippen molar-refractivity contribution in [1.29, 1.82) is 0 Å². The Kier molecular flexibility index (Phi) is 7.24. The quantitative estimate of drug-likeness (QED) is 0.478. The van der Waals surface area contributed by atoms with Crippen molar-refractivity contribution in [3.8, 4) is 17.2 Å². The first kappa shape index (κ1) is 23.4. The summed E-state index contributed by atoms with van der Waals surface area (Å²) < 4.78 is 42.4. The lowest BCUT2D eigenvalue weighted by atomic mass is 10.1. The number of hydrogen-bond acceptors (Lipinski definition) is 7. The Morgan fingerprint density at radius 1 is 1.16 bits per heavy atom. The Morgan fingerprint density at radius 3 is 2.44 bits per heavy atom. The molecule has 0 aromatic heterocycles. The number of hydrazone groups is 1. The molecule has 9 nitrogen and oxygen atoms in total. The van der Waals surface area contributed by atoms with Crippen molar-refractivity contribution < 1.29 is 27.4 Å². The van der Waals surface area contributed by atoms with Crippen LogP contribution in [0.4, 0.5) is 5.69 Å². The largest absolute Gasteiger partial charge is 0.494 e. The van der Waals surface area contributed by atoms with Crippen molar-refractivity contribution in [3.63, 3.8) is 0 Å². The highest BCUT2D eigenvalue weighted by Crippen LogP contribution is 2.31. The summed E-state index contributed by atoms with van der Waals surface area (Å²) in [4.78, 5) is 12.7. The van der Waals surface area contributed by atoms with Crippen LogP contribution in [0.5, 0.6) is 17.2 Å². The van der Waals surface area contributed by atoms with Gasteiger partial charge in [0.1, 0.15) is 25.0 Å². The molecular formula is C22H27N3O6S. The van der Waals surface area contributed by atoms with Crippen molar-refractivity contribution >= 4 is 27.3 Å². The van der Waals surface area contributed by atoms with Crippen LogP contribution in [0.2, 0.25) is 0 Å². The van der Waals surface area contributed by atoms with Gasteiger partial charge in [-0.1, -0.05) is 0 Å². The maximum atomic E-state index is 12.7. The molecule has 1 atom stereocenters. The summed E-state index contributed by atoms with van der Waals surface area (Å²) >= 11 is 0. The van der Waals surface area contributed by atoms with Gasteiger partial charge in [-0.15, -0.1) is 0 Å². The van der Waals surface area contributed by atoms with Crippen LogP contribution < -0.4 is 23.9 Å². The maximum Gasteiger partial charge on any atom is 0.263 e. The fraction of sp³-hybridized carbons (Fsp3) is 0.364. The van der Waals surface area contributed by atoms with E-state index in [0.29, 0.717) is 48.5 Å². The number of nitrogens with zero attached hydrogens (tertiary/aromatic N) is 2. The molecule has 32 heavy (non-hydrogen) atoms. The Morgan fingerprint density at radius 2 is 1.81 bits per heavy atom. The molecule has 1 aliphatic rings. The van der Waals surface area contributed by atoms with Gasteiger partial charge in [0.05, 0.1) is 24.3 Å². The molecule has 0 radical (unpaired) electrons. The zero-order chi connectivity index (χ0) is 23.3. The molecule has 0 bridgehead atoms. The van der Waals surface area contributed by atoms with Crippen molar-refractivity contribution in [2.45, 2.75) is 26.8 Å². The van der Waals surface area contributed by atoms with Crippen molar-refractivity contribution in [2.24, 2.45) is 5.10 Å². The van der Waals surface area contributed by atoms with Gasteiger partial charge >= 0.3 is 0 Å². The number of hydrogen-bond donors (Lipinski definition) is 1. The number of fused-ring (bicyclic) bond motifs is 1. The van der Waals surface area contributed by atoms with E-state index in [1.165, 1.54) is 6.92 Å². The van der Waals surface area contributed by atoms with E-state index in [1.54, 1.807) is 43.3 Å². The topological polar surface area (TPSA) is 107 Å². The van der Waals surface area contributed by atoms with Gasteiger partial charge in [-0.2, -0.15) is 5.10 Å². The smallest absolute Gasteiger partial charge is 0.263 e. The zero-order valence-corrected chi connectivity index (χ0v) is 19.3. The molecule has 0 saturated carbocycles. The third-order valence-corrected chi connectivity index (χ3v) is 6.03. The van der Waals surface area contributed by atoms with Crippen LogP contribution in [-0.4, -0.2) is 52.2 Å². The van der Waals surface area contributed by atoms with Gasteiger partial charge < -0.3 is 14.2 Å². The van der Waals surface area contributed by atoms with Crippen molar-refractivity contribution in [3.05, 3.63) is 48.0 Å². The fourth-order valence-electron chi connectivity index (χ4n) is 3.23. The Bertz CT molecular complexity index is 1100. The van der Waals surface area contributed by atoms with Gasteiger partial charge in [0.2, 0.25) is 10.0 Å². The molecule has 0 fully saturated rings. The molecule has 0 aliphatic carbocycles. The molecule has 1 aliphatic heterocycles. The van der Waals surface area contributed by atoms with Crippen LogP contribution in [0.1, 0.15) is 26.3 Å². The number of rotatable bonds is 8. The number of benzene rings is 2. The Labute approximate surface area is 188 Å². The second-order valence-corrected chi connectivity index (χ2v) is 9.05. The molecule has 3 rings (SSSR count). The van der Waals surface area contributed by atoms with Gasteiger partial charge in [-0.3, -0.25) is 9.10 Å². The first-order chi connectivity index (χ1) is 15.2. The summed E-state index contributed by atoms with van der Waals surface area (Å²) in [5.41, 5.74) is 4.09. The Hall–Kier alpha value is -3.27. The first-order valence-corrected chi connectivity index (χ1v) is 12.0. The van der Waals surface area contributed by atoms with E-state index >= 15 is 0 Å². The van der Waals surface area contributed by atoms with Crippen LogP contribution >= 0.6 is 0 Å². The van der Waals surface area contributed by atoms with E-state index in [0.717, 1.165) is 16.1 Å². The average molecular weight is 462 g/mol. The molecule has 10 heteroatoms. The summed E-state index contributed by atoms with van der Waals surface area (Å²) in [6.45, 7) is 6.55. The molecule has 2 aromatic rings. The summed E-state index contributed by atoms with van der Waals surface area (Å²) in [5.74, 6) is 1.31. The maximum absolute atomic E-state index is 12.7. The van der Waals surface area contributed by atoms with E-state index < -0.39 is 22.0 Å². The monoisotopic (exact) mass is 461 g/mol. The number of carbonyl (C=O) groups excluding carboxylic acids is 1. The highest BCUT2D eigenvalue weighted by molar-refractivity contribution is 7.92. The number of sulfonamides is 1. The van der Waals surface area contributed by atoms with Gasteiger partial charge in [0.15, 0.2) is 11.5 Å². The van der Waals surface area contributed by atoms with Crippen molar-refractivity contribution in [1.82, 2.24) is 5.43 Å². The minimum atomic E-state index is -3.74. The van der Waals surface area contributed by atoms with E-state index in [-0.39, 0.29) is 0 Å². The second-order valence-electron chi connectivity index (χ2n) is 7.19. The van der Waals surface area contributed by atoms with E-state index in [9.17, 15) is 13.2 Å². The molecule has 2 aromatic carbocycles. The predicted octanol–water partition coefficient (Wildman–Crippen LogP) is 2.55. The fourth-order valence-corrected chi connectivity index (χ4v) is 4.40. The lowest BCUT2D eigenvalue weighted by Gasteiger charge is -2.27. The molecule has 1 N–H and O–H groups in total. The third-order valence-electron chi connectivity index (χ3n) is 4.78. The molecule has 0 spiro atoms. The minimum absolute atomic E-state index is 0.353. The Balaban J connectivity index is 1.75. The standard InChI is InChI=1S/C22H27N3O6S/c1-5-29-19-9-7-18(8-10-19)25(32(4,27)28)16(3)22(26)24-23-15(2)17-6-11-20-21(14-17)31-13-12-30-20/h6-11,14,16H,5,12-13H2,1-4H3,(H,24,26)/b23-15-/t16-/m1/s1. The predicted molar refractivity (Wildman–Crippen MR) is 122 cm³/mol. The number of amides is 1. The lowest BCUT2D eigenvalue weighted by molar-refractivity contribution is -0.121. The molecule has 1 heterocycles. The van der Waals surface area contributed by atoms with Gasteiger partial charge in [-0.25, -0.2) is 13.8 Å². The summed E-state index contributed by atoms with van der Waals surface area (Å²) in [6.07, 6.45) is 1.05. The van der Waals surface area contributed by atoms with Crippen LogP contribution in [0.3, 0.4) is 0 Å². The lowest BCUT2D eigenvalue weighted by Crippen LogP contribution is -2.46. The minimum Gasteiger partial charge on any atom is -0.494 e. The molecular weight excluding hydrogens is 434 g/mol. The number of anilines is 1. The molecule has 0 saturated heterocycles. The van der Waals surface area contributed by atoms with Gasteiger partial charge in [-0.05, 0) is 63.2 Å².